The fourth-order valence-electron chi connectivity index (χ4n) is 1.03. The molecule has 0 heterocycles. The van der Waals surface area contributed by atoms with E-state index in [-0.39, 0.29) is 10.6 Å². The Kier molecular flexibility index (Phi) is 3.59. The molecule has 15 heavy (non-hydrogen) atoms. The van der Waals surface area contributed by atoms with E-state index < -0.39 is 19.9 Å². The van der Waals surface area contributed by atoms with E-state index in [1.54, 1.807) is 0 Å². The van der Waals surface area contributed by atoms with Crippen molar-refractivity contribution in [2.75, 3.05) is 7.11 Å². The Balaban J connectivity index is 3.54. The Bertz CT molecular complexity index is 495. The molecular weight excluding hydrogens is 263 g/mol. The summed E-state index contributed by atoms with van der Waals surface area (Å²) in [5, 5.41) is -0.118. The molecule has 0 aliphatic heterocycles. The maximum absolute atomic E-state index is 11.2. The molecule has 0 bridgehead atoms. The minimum atomic E-state index is -4.08. The van der Waals surface area contributed by atoms with Gasteiger partial charge in [-0.05, 0) is 12.1 Å². The smallest absolute Gasteiger partial charge is 0.339 e. The van der Waals surface area contributed by atoms with E-state index >= 15 is 0 Å². The zero-order valence-electron chi connectivity index (χ0n) is 7.53. The summed E-state index contributed by atoms with van der Waals surface area (Å²) in [5.74, 6) is -0.809. The second-order valence-electron chi connectivity index (χ2n) is 2.55. The Morgan fingerprint density at radius 3 is 2.47 bits per heavy atom. The van der Waals surface area contributed by atoms with Crippen molar-refractivity contribution < 1.29 is 17.9 Å². The van der Waals surface area contributed by atoms with Crippen molar-refractivity contribution in [1.29, 1.82) is 0 Å². The fourth-order valence-corrected chi connectivity index (χ4v) is 2.84. The number of benzene rings is 1. The van der Waals surface area contributed by atoms with E-state index in [1.807, 2.05) is 0 Å². The first kappa shape index (κ1) is 12.3. The fraction of sp³-hybridized carbons (Fsp3) is 0.125. The van der Waals surface area contributed by atoms with Gasteiger partial charge in [0.05, 0.1) is 17.7 Å². The Morgan fingerprint density at radius 1 is 1.40 bits per heavy atom. The molecule has 4 nitrogen and oxygen atoms in total. The summed E-state index contributed by atoms with van der Waals surface area (Å²) in [6.07, 6.45) is 0. The number of halogens is 2. The minimum absolute atomic E-state index is 0.118. The van der Waals surface area contributed by atoms with Gasteiger partial charge >= 0.3 is 5.97 Å². The van der Waals surface area contributed by atoms with Gasteiger partial charge in [-0.1, -0.05) is 17.7 Å². The molecule has 1 aromatic carbocycles. The third-order valence-corrected chi connectivity index (χ3v) is 3.43. The summed E-state index contributed by atoms with van der Waals surface area (Å²) < 4.78 is 26.7. The van der Waals surface area contributed by atoms with Gasteiger partial charge in [0.1, 0.15) is 4.90 Å². The first-order chi connectivity index (χ1) is 6.88. The van der Waals surface area contributed by atoms with Crippen LogP contribution >= 0.6 is 22.3 Å². The van der Waals surface area contributed by atoms with Crippen molar-refractivity contribution in [2.24, 2.45) is 0 Å². The van der Waals surface area contributed by atoms with E-state index in [9.17, 15) is 13.2 Å². The predicted molar refractivity (Wildman–Crippen MR) is 55.8 cm³/mol. The standard InChI is InChI=1S/C8H6Cl2O4S/c1-14-8(11)5-3-2-4-6(9)7(5)15(10,12)13/h2-4H,1H3. The van der Waals surface area contributed by atoms with Gasteiger partial charge in [0.15, 0.2) is 0 Å². The summed E-state index contributed by atoms with van der Waals surface area (Å²) in [6, 6.07) is 4.02. The molecular formula is C8H6Cl2O4S. The molecule has 0 saturated carbocycles. The lowest BCUT2D eigenvalue weighted by Crippen LogP contribution is -2.07. The Morgan fingerprint density at radius 2 is 2.00 bits per heavy atom. The summed E-state index contributed by atoms with van der Waals surface area (Å²) in [6.45, 7) is 0. The van der Waals surface area contributed by atoms with Crippen LogP contribution in [-0.2, 0) is 13.8 Å². The van der Waals surface area contributed by atoms with Crippen LogP contribution < -0.4 is 0 Å². The van der Waals surface area contributed by atoms with Crippen LogP contribution in [0.1, 0.15) is 10.4 Å². The number of carbonyl (C=O) groups is 1. The van der Waals surface area contributed by atoms with Crippen molar-refractivity contribution >= 4 is 37.3 Å². The summed E-state index contributed by atoms with van der Waals surface area (Å²) in [7, 11) is 2.20. The monoisotopic (exact) mass is 268 g/mol. The molecule has 0 atom stereocenters. The molecule has 0 aliphatic carbocycles. The van der Waals surface area contributed by atoms with E-state index in [0.29, 0.717) is 0 Å². The quantitative estimate of drug-likeness (QED) is 0.609. The van der Waals surface area contributed by atoms with Crippen LogP contribution in [0, 0.1) is 0 Å². The van der Waals surface area contributed by atoms with Gasteiger partial charge in [-0.2, -0.15) is 0 Å². The van der Waals surface area contributed by atoms with Gasteiger partial charge in [-0.15, -0.1) is 0 Å². The normalized spacial score (nSPS) is 11.1. The van der Waals surface area contributed by atoms with E-state index in [2.05, 4.69) is 4.74 Å². The van der Waals surface area contributed by atoms with Gasteiger partial charge < -0.3 is 4.74 Å². The molecule has 7 heteroatoms. The van der Waals surface area contributed by atoms with Crippen molar-refractivity contribution in [2.45, 2.75) is 4.90 Å². The highest BCUT2D eigenvalue weighted by molar-refractivity contribution is 8.13. The van der Waals surface area contributed by atoms with Gasteiger partial charge in [0, 0.05) is 10.7 Å². The lowest BCUT2D eigenvalue weighted by atomic mass is 10.2. The van der Waals surface area contributed by atoms with Crippen LogP contribution in [0.15, 0.2) is 23.1 Å². The molecule has 0 aromatic heterocycles. The molecule has 0 radical (unpaired) electrons. The largest absolute Gasteiger partial charge is 0.465 e. The second-order valence-corrected chi connectivity index (χ2v) is 5.46. The molecule has 0 fully saturated rings. The number of hydrogen-bond donors (Lipinski definition) is 0. The topological polar surface area (TPSA) is 60.4 Å². The maximum Gasteiger partial charge on any atom is 0.339 e. The van der Waals surface area contributed by atoms with Gasteiger partial charge in [0.25, 0.3) is 9.05 Å². The lowest BCUT2D eigenvalue weighted by Gasteiger charge is -2.05. The average molecular weight is 269 g/mol. The number of methoxy groups -OCH3 is 1. The van der Waals surface area contributed by atoms with Crippen LogP contribution in [0.5, 0.6) is 0 Å². The Hall–Kier alpha value is -0.780. The van der Waals surface area contributed by atoms with Crippen molar-refractivity contribution in [1.82, 2.24) is 0 Å². The summed E-state index contributed by atoms with van der Waals surface area (Å²) >= 11 is 5.64. The molecule has 1 rings (SSSR count). The SMILES string of the molecule is COC(=O)c1cccc(Cl)c1S(=O)(=O)Cl. The number of rotatable bonds is 2. The average Bonchev–Trinajstić information content (AvgIpc) is 2.14. The first-order valence-electron chi connectivity index (χ1n) is 3.69. The van der Waals surface area contributed by atoms with Crippen LogP contribution in [0.25, 0.3) is 0 Å². The predicted octanol–water partition coefficient (Wildman–Crippen LogP) is 2.05. The minimum Gasteiger partial charge on any atom is -0.465 e. The third-order valence-electron chi connectivity index (χ3n) is 1.62. The number of esters is 1. The zero-order valence-corrected chi connectivity index (χ0v) is 9.86. The van der Waals surface area contributed by atoms with Crippen LogP contribution in [0.4, 0.5) is 0 Å². The van der Waals surface area contributed by atoms with Gasteiger partial charge in [0.2, 0.25) is 0 Å². The van der Waals surface area contributed by atoms with Gasteiger partial charge in [-0.3, -0.25) is 0 Å². The molecule has 0 aliphatic rings. The van der Waals surface area contributed by atoms with Crippen molar-refractivity contribution in [3.05, 3.63) is 28.8 Å². The zero-order chi connectivity index (χ0) is 11.6. The lowest BCUT2D eigenvalue weighted by molar-refractivity contribution is 0.0596. The highest BCUT2D eigenvalue weighted by Gasteiger charge is 2.24. The summed E-state index contributed by atoms with van der Waals surface area (Å²) in [5.41, 5.74) is -0.181. The first-order valence-corrected chi connectivity index (χ1v) is 6.38. The van der Waals surface area contributed by atoms with E-state index in [0.717, 1.165) is 7.11 Å². The van der Waals surface area contributed by atoms with Gasteiger partial charge in [-0.25, -0.2) is 13.2 Å². The molecule has 0 spiro atoms. The highest BCUT2D eigenvalue weighted by Crippen LogP contribution is 2.28. The molecule has 1 aromatic rings. The Labute approximate surface area is 96.2 Å². The van der Waals surface area contributed by atoms with Crippen LogP contribution in [0.2, 0.25) is 5.02 Å². The highest BCUT2D eigenvalue weighted by atomic mass is 35.7. The van der Waals surface area contributed by atoms with E-state index in [1.165, 1.54) is 18.2 Å². The second kappa shape index (κ2) is 4.38. The van der Waals surface area contributed by atoms with Crippen molar-refractivity contribution in [3.63, 3.8) is 0 Å². The number of ether oxygens (including phenoxy) is 1. The molecule has 0 amide bonds. The molecule has 0 N–H and O–H groups in total. The summed E-state index contributed by atoms with van der Waals surface area (Å²) in [4.78, 5) is 10.8. The molecule has 0 saturated heterocycles. The molecule has 82 valence electrons. The van der Waals surface area contributed by atoms with Crippen LogP contribution in [0.3, 0.4) is 0 Å². The number of hydrogen-bond acceptors (Lipinski definition) is 4. The third kappa shape index (κ3) is 2.62. The molecule has 0 unspecified atom stereocenters. The maximum atomic E-state index is 11.2. The number of carbonyl (C=O) groups excluding carboxylic acids is 1. The van der Waals surface area contributed by atoms with Crippen LogP contribution in [-0.4, -0.2) is 21.5 Å². The van der Waals surface area contributed by atoms with E-state index in [4.69, 9.17) is 22.3 Å². The van der Waals surface area contributed by atoms with Crippen molar-refractivity contribution in [3.8, 4) is 0 Å².